The minimum atomic E-state index is -0.443. The number of aromatic nitrogens is 5. The number of aryl methyl sites for hydroxylation is 1. The number of para-hydroxylation sites is 1. The van der Waals surface area contributed by atoms with Crippen LogP contribution in [-0.2, 0) is 7.05 Å². The molecule has 0 bridgehead atoms. The van der Waals surface area contributed by atoms with Crippen LogP contribution in [0.2, 0.25) is 0 Å². The first-order chi connectivity index (χ1) is 14.8. The lowest BCUT2D eigenvalue weighted by Gasteiger charge is -2.16. The van der Waals surface area contributed by atoms with Crippen LogP contribution in [0.5, 0.6) is 5.75 Å². The van der Waals surface area contributed by atoms with Crippen molar-refractivity contribution < 1.29 is 14.3 Å². The number of nitrogens with zero attached hydrogens (tertiary/aromatic N) is 6. The molecule has 0 unspecified atom stereocenters. The SMILES string of the molecule is CNC(=O)c1nnc(NC(=O)N(C)C)cc1Nc1cccc(-c2ncn(C)n2)c1OC. The molecule has 3 rings (SSSR count). The second kappa shape index (κ2) is 9.07. The van der Waals surface area contributed by atoms with Crippen LogP contribution in [0.1, 0.15) is 10.5 Å². The zero-order valence-corrected chi connectivity index (χ0v) is 17.8. The van der Waals surface area contributed by atoms with E-state index in [1.54, 1.807) is 44.3 Å². The highest BCUT2D eigenvalue weighted by atomic mass is 16.5. The molecule has 0 radical (unpaired) electrons. The number of carbonyl (C=O) groups is 2. The van der Waals surface area contributed by atoms with Gasteiger partial charge in [-0.05, 0) is 12.1 Å². The number of benzene rings is 1. The number of methoxy groups -OCH3 is 1. The van der Waals surface area contributed by atoms with Crippen molar-refractivity contribution in [2.75, 3.05) is 38.9 Å². The second-order valence-electron chi connectivity index (χ2n) is 6.65. The number of hydrogen-bond acceptors (Lipinski definition) is 8. The summed E-state index contributed by atoms with van der Waals surface area (Å²) in [6.45, 7) is 0. The average Bonchev–Trinajstić information content (AvgIpc) is 3.19. The lowest BCUT2D eigenvalue weighted by Crippen LogP contribution is -2.28. The summed E-state index contributed by atoms with van der Waals surface area (Å²) in [5.74, 6) is 0.700. The van der Waals surface area contributed by atoms with Gasteiger partial charge >= 0.3 is 6.03 Å². The predicted octanol–water partition coefficient (Wildman–Crippen LogP) is 1.48. The lowest BCUT2D eigenvalue weighted by atomic mass is 10.1. The standard InChI is InChI=1S/C19H23N9O3/c1-20-18(29)15-13(9-14(24-25-15)23-19(30)27(2)3)22-12-8-6-7-11(16(12)31-5)17-21-10-28(4)26-17/h6-10H,1-5H3,(H,20,29)(H2,22,23,24,30). The minimum Gasteiger partial charge on any atom is -0.494 e. The number of hydrogen-bond donors (Lipinski definition) is 3. The highest BCUT2D eigenvalue weighted by Gasteiger charge is 2.19. The van der Waals surface area contributed by atoms with Gasteiger partial charge in [0.2, 0.25) is 0 Å². The molecule has 0 atom stereocenters. The number of urea groups is 1. The molecule has 3 N–H and O–H groups in total. The van der Waals surface area contributed by atoms with Crippen LogP contribution in [0.3, 0.4) is 0 Å². The molecule has 162 valence electrons. The molecule has 3 amide bonds. The first-order valence-electron chi connectivity index (χ1n) is 9.22. The lowest BCUT2D eigenvalue weighted by molar-refractivity contribution is 0.0958. The second-order valence-corrected chi connectivity index (χ2v) is 6.65. The third-order valence-corrected chi connectivity index (χ3v) is 4.21. The molecule has 2 aromatic heterocycles. The van der Waals surface area contributed by atoms with Gasteiger partial charge in [0.15, 0.2) is 23.1 Å². The Morgan fingerprint density at radius 1 is 1.16 bits per heavy atom. The van der Waals surface area contributed by atoms with Crippen LogP contribution in [0.4, 0.5) is 22.0 Å². The van der Waals surface area contributed by atoms with Crippen molar-refractivity contribution in [1.29, 1.82) is 0 Å². The molecule has 0 aliphatic heterocycles. The Bertz CT molecular complexity index is 1110. The van der Waals surface area contributed by atoms with Gasteiger partial charge in [-0.25, -0.2) is 9.78 Å². The van der Waals surface area contributed by atoms with E-state index in [1.807, 2.05) is 6.07 Å². The van der Waals surface area contributed by atoms with Crippen molar-refractivity contribution in [1.82, 2.24) is 35.2 Å². The number of ether oxygens (including phenoxy) is 1. The van der Waals surface area contributed by atoms with E-state index in [1.165, 1.54) is 25.1 Å². The van der Waals surface area contributed by atoms with Crippen molar-refractivity contribution in [3.05, 3.63) is 36.3 Å². The first kappa shape index (κ1) is 21.5. The molecule has 0 spiro atoms. The monoisotopic (exact) mass is 425 g/mol. The molecule has 1 aromatic carbocycles. The fraction of sp³-hybridized carbons (Fsp3) is 0.263. The highest BCUT2D eigenvalue weighted by Crippen LogP contribution is 2.37. The van der Waals surface area contributed by atoms with E-state index in [4.69, 9.17) is 4.74 Å². The molecule has 12 nitrogen and oxygen atoms in total. The summed E-state index contributed by atoms with van der Waals surface area (Å²) >= 11 is 0. The van der Waals surface area contributed by atoms with Crippen molar-refractivity contribution in [2.24, 2.45) is 7.05 Å². The van der Waals surface area contributed by atoms with Crippen LogP contribution < -0.4 is 20.7 Å². The molecule has 0 aliphatic carbocycles. The molecular weight excluding hydrogens is 402 g/mol. The number of amides is 3. The van der Waals surface area contributed by atoms with Gasteiger partial charge in [0, 0.05) is 34.3 Å². The summed E-state index contributed by atoms with van der Waals surface area (Å²) in [5, 5.41) is 20.5. The fourth-order valence-electron chi connectivity index (χ4n) is 2.69. The molecule has 2 heterocycles. The quantitative estimate of drug-likeness (QED) is 0.540. The molecule has 0 fully saturated rings. The van der Waals surface area contributed by atoms with Crippen molar-refractivity contribution in [3.63, 3.8) is 0 Å². The van der Waals surface area contributed by atoms with Crippen molar-refractivity contribution in [3.8, 4) is 17.1 Å². The van der Waals surface area contributed by atoms with Gasteiger partial charge in [0.05, 0.1) is 24.0 Å². The number of nitrogens with one attached hydrogen (secondary N) is 3. The average molecular weight is 425 g/mol. The normalized spacial score (nSPS) is 10.4. The third kappa shape index (κ3) is 4.69. The van der Waals surface area contributed by atoms with E-state index in [9.17, 15) is 9.59 Å². The van der Waals surface area contributed by atoms with Crippen LogP contribution in [0.15, 0.2) is 30.6 Å². The summed E-state index contributed by atoms with van der Waals surface area (Å²) in [7, 11) is 7.99. The Labute approximate surface area is 178 Å². The number of rotatable bonds is 6. The van der Waals surface area contributed by atoms with E-state index in [0.717, 1.165) is 0 Å². The maximum absolute atomic E-state index is 12.3. The van der Waals surface area contributed by atoms with Gasteiger partial charge in [0.25, 0.3) is 5.91 Å². The Morgan fingerprint density at radius 3 is 2.55 bits per heavy atom. The first-order valence-corrected chi connectivity index (χ1v) is 9.22. The summed E-state index contributed by atoms with van der Waals surface area (Å²) in [6, 6.07) is 6.54. The molecule has 0 saturated carbocycles. The zero-order chi connectivity index (χ0) is 22.5. The van der Waals surface area contributed by atoms with Gasteiger partial charge in [-0.3, -0.25) is 14.8 Å². The van der Waals surface area contributed by atoms with Crippen molar-refractivity contribution in [2.45, 2.75) is 0 Å². The maximum atomic E-state index is 12.3. The highest BCUT2D eigenvalue weighted by molar-refractivity contribution is 5.99. The van der Waals surface area contributed by atoms with Crippen molar-refractivity contribution >= 4 is 29.1 Å². The molecule has 0 aliphatic rings. The minimum absolute atomic E-state index is 0.0498. The summed E-state index contributed by atoms with van der Waals surface area (Å²) in [5.41, 5.74) is 1.59. The summed E-state index contributed by atoms with van der Waals surface area (Å²) < 4.78 is 7.19. The number of carbonyl (C=O) groups excluding carboxylic acids is 2. The predicted molar refractivity (Wildman–Crippen MR) is 114 cm³/mol. The Morgan fingerprint density at radius 2 is 1.94 bits per heavy atom. The van der Waals surface area contributed by atoms with E-state index in [-0.39, 0.29) is 17.5 Å². The molecule has 31 heavy (non-hydrogen) atoms. The number of anilines is 3. The topological polar surface area (TPSA) is 139 Å². The van der Waals surface area contributed by atoms with E-state index < -0.39 is 5.91 Å². The van der Waals surface area contributed by atoms with E-state index in [0.29, 0.717) is 28.5 Å². The van der Waals surface area contributed by atoms with E-state index >= 15 is 0 Å². The zero-order valence-electron chi connectivity index (χ0n) is 17.8. The fourth-order valence-corrected chi connectivity index (χ4v) is 2.69. The Kier molecular flexibility index (Phi) is 6.29. The Balaban J connectivity index is 2.04. The maximum Gasteiger partial charge on any atom is 0.322 e. The van der Waals surface area contributed by atoms with Crippen LogP contribution >= 0.6 is 0 Å². The third-order valence-electron chi connectivity index (χ3n) is 4.21. The summed E-state index contributed by atoms with van der Waals surface area (Å²) in [6.07, 6.45) is 1.59. The van der Waals surface area contributed by atoms with Crippen LogP contribution in [0, 0.1) is 0 Å². The van der Waals surface area contributed by atoms with Gasteiger partial charge in [-0.15, -0.1) is 10.2 Å². The molecule has 12 heteroatoms. The van der Waals surface area contributed by atoms with Gasteiger partial charge < -0.3 is 20.3 Å². The van der Waals surface area contributed by atoms with E-state index in [2.05, 4.69) is 36.2 Å². The molecule has 0 saturated heterocycles. The summed E-state index contributed by atoms with van der Waals surface area (Å²) in [4.78, 5) is 29.9. The smallest absolute Gasteiger partial charge is 0.322 e. The molecular formula is C19H23N9O3. The van der Waals surface area contributed by atoms with Crippen LogP contribution in [-0.4, -0.2) is 70.1 Å². The van der Waals surface area contributed by atoms with Crippen LogP contribution in [0.25, 0.3) is 11.4 Å². The Hall–Kier alpha value is -4.22. The van der Waals surface area contributed by atoms with Gasteiger partial charge in [-0.1, -0.05) is 6.07 Å². The van der Waals surface area contributed by atoms with Gasteiger partial charge in [0.1, 0.15) is 6.33 Å². The van der Waals surface area contributed by atoms with Gasteiger partial charge in [-0.2, -0.15) is 5.10 Å². The molecule has 3 aromatic rings. The largest absolute Gasteiger partial charge is 0.494 e.